The second kappa shape index (κ2) is 10.6. The molecule has 0 aliphatic carbocycles. The van der Waals surface area contributed by atoms with Gasteiger partial charge in [-0.05, 0) is 60.7 Å². The summed E-state index contributed by atoms with van der Waals surface area (Å²) in [5, 5.41) is 57.4. The molecule has 15 nitrogen and oxygen atoms in total. The summed E-state index contributed by atoms with van der Waals surface area (Å²) in [6.07, 6.45) is 2.42. The normalized spacial score (nSPS) is 16.0. The van der Waals surface area contributed by atoms with Gasteiger partial charge in [0.05, 0.1) is 22.7 Å². The Hall–Kier alpha value is -6.38. The van der Waals surface area contributed by atoms with Gasteiger partial charge in [-0.15, -0.1) is 15.3 Å². The highest BCUT2D eigenvalue weighted by Gasteiger charge is 2.51. The van der Waals surface area contributed by atoms with Crippen molar-refractivity contribution in [3.05, 3.63) is 101 Å². The van der Waals surface area contributed by atoms with Crippen LogP contribution in [0.5, 0.6) is 0 Å². The van der Waals surface area contributed by atoms with E-state index in [-0.39, 0.29) is 51.2 Å². The van der Waals surface area contributed by atoms with E-state index in [1.807, 2.05) is 0 Å². The van der Waals surface area contributed by atoms with Crippen molar-refractivity contribution in [2.75, 3.05) is 0 Å². The summed E-state index contributed by atoms with van der Waals surface area (Å²) in [7, 11) is 0. The zero-order valence-corrected chi connectivity index (χ0v) is 21.0. The quantitative estimate of drug-likeness (QED) is 0.204. The molecule has 42 heavy (non-hydrogen) atoms. The Morgan fingerprint density at radius 1 is 0.571 bits per heavy atom. The Morgan fingerprint density at radius 3 is 1.55 bits per heavy atom. The minimum atomic E-state index is -2.41. The van der Waals surface area contributed by atoms with Crippen molar-refractivity contribution in [1.82, 2.24) is 35.7 Å². The van der Waals surface area contributed by atoms with Crippen LogP contribution in [0.2, 0.25) is 0 Å². The van der Waals surface area contributed by atoms with Crippen LogP contribution in [-0.2, 0) is 15.1 Å². The van der Waals surface area contributed by atoms with Gasteiger partial charge in [0.2, 0.25) is 5.54 Å². The molecule has 0 bridgehead atoms. The number of rotatable bonds is 8. The van der Waals surface area contributed by atoms with Crippen LogP contribution in [0.15, 0.2) is 78.4 Å². The fourth-order valence-corrected chi connectivity index (χ4v) is 4.14. The van der Waals surface area contributed by atoms with Gasteiger partial charge in [-0.2, -0.15) is 5.10 Å². The summed E-state index contributed by atoms with van der Waals surface area (Å²) in [6, 6.07) is 14.1. The Balaban J connectivity index is 1.51. The van der Waals surface area contributed by atoms with Gasteiger partial charge in [-0.3, -0.25) is 0 Å². The minimum absolute atomic E-state index is 0.0930. The maximum absolute atomic E-state index is 12.7. The third kappa shape index (κ3) is 4.88. The van der Waals surface area contributed by atoms with Crippen molar-refractivity contribution in [3.63, 3.8) is 0 Å². The lowest BCUT2D eigenvalue weighted by Crippen LogP contribution is -2.53. The Morgan fingerprint density at radius 2 is 1.10 bits per heavy atom. The van der Waals surface area contributed by atoms with E-state index >= 15 is 0 Å². The Bertz CT molecular complexity index is 1820. The lowest BCUT2D eigenvalue weighted by molar-refractivity contribution is -0.146. The summed E-state index contributed by atoms with van der Waals surface area (Å²) in [4.78, 5) is 55.4. The zero-order valence-electron chi connectivity index (χ0n) is 21.0. The molecule has 0 spiro atoms. The average molecular weight is 567 g/mol. The molecule has 0 saturated heterocycles. The zero-order chi connectivity index (χ0) is 30.0. The number of nitrogens with zero attached hydrogens (tertiary/aromatic N) is 6. The second-order valence-electron chi connectivity index (χ2n) is 8.68. The van der Waals surface area contributed by atoms with E-state index in [0.29, 0.717) is 0 Å². The molecule has 15 heteroatoms. The number of pyridine rings is 2. The van der Waals surface area contributed by atoms with E-state index in [1.165, 1.54) is 60.7 Å². The fourth-order valence-electron chi connectivity index (χ4n) is 4.14. The number of allylic oxidation sites excluding steroid dienone is 2. The topological polar surface area (TPSA) is 239 Å². The molecule has 5 rings (SSSR count). The van der Waals surface area contributed by atoms with Crippen LogP contribution in [0.3, 0.4) is 0 Å². The van der Waals surface area contributed by atoms with Crippen molar-refractivity contribution in [2.45, 2.75) is 5.54 Å². The summed E-state index contributed by atoms with van der Waals surface area (Å²) in [5.74, 6) is -5.61. The molecule has 4 aromatic rings. The number of nitrogens with one attached hydrogen (secondary N) is 1. The van der Waals surface area contributed by atoms with Crippen LogP contribution in [0, 0.1) is 0 Å². The highest BCUT2D eigenvalue weighted by Crippen LogP contribution is 2.35. The molecule has 1 aliphatic rings. The Kier molecular flexibility index (Phi) is 6.90. The van der Waals surface area contributed by atoms with E-state index in [2.05, 4.69) is 35.7 Å². The minimum Gasteiger partial charge on any atom is -0.479 e. The molecule has 1 unspecified atom stereocenters. The molecule has 0 saturated carbocycles. The largest absolute Gasteiger partial charge is 0.479 e. The van der Waals surface area contributed by atoms with E-state index in [4.69, 9.17) is 0 Å². The molecule has 1 aliphatic heterocycles. The van der Waals surface area contributed by atoms with E-state index in [0.717, 1.165) is 6.08 Å². The summed E-state index contributed by atoms with van der Waals surface area (Å²) >= 11 is 0. The number of hydrogen-bond acceptors (Lipinski definition) is 11. The van der Waals surface area contributed by atoms with Gasteiger partial charge < -0.3 is 25.7 Å². The van der Waals surface area contributed by atoms with Crippen molar-refractivity contribution in [3.8, 4) is 22.8 Å². The molecule has 0 radical (unpaired) electrons. The molecule has 208 valence electrons. The standard InChI is InChI=1S/C27H17N7O8/c35-23(36)13-7-8-16(19-10-9-17(31-32-19)14-3-1-5-20(28-14)24(37)38)30-27(13,26(41)42)22-12-11-18(33-34-22)15-4-2-6-21(29-15)25(39)40/h1-12,30H,(H,35,36)(H,37,38)(H,39,40)(H,41,42). The van der Waals surface area contributed by atoms with E-state index < -0.39 is 35.0 Å². The Labute approximate surface area is 234 Å². The van der Waals surface area contributed by atoms with Crippen molar-refractivity contribution < 1.29 is 39.6 Å². The van der Waals surface area contributed by atoms with Crippen molar-refractivity contribution >= 4 is 29.6 Å². The first-order valence-electron chi connectivity index (χ1n) is 11.9. The van der Waals surface area contributed by atoms with Crippen LogP contribution in [0.1, 0.15) is 32.4 Å². The lowest BCUT2D eigenvalue weighted by atomic mass is 9.82. The molecular weight excluding hydrogens is 550 g/mol. The number of aromatic carboxylic acids is 2. The molecular formula is C27H17N7O8. The number of aromatic nitrogens is 6. The SMILES string of the molecule is O=C(O)C1=CC=C(c2ccc(-c3cccc(C(=O)O)n3)nn2)NC1(C(=O)O)c1ccc(-c2cccc(C(=O)O)n2)nn1. The van der Waals surface area contributed by atoms with Gasteiger partial charge in [0.25, 0.3) is 0 Å². The van der Waals surface area contributed by atoms with Crippen molar-refractivity contribution in [2.24, 2.45) is 0 Å². The summed E-state index contributed by atoms with van der Waals surface area (Å²) in [6.45, 7) is 0. The number of hydrogen-bond donors (Lipinski definition) is 5. The molecule has 4 aromatic heterocycles. The van der Waals surface area contributed by atoms with Crippen LogP contribution in [0.4, 0.5) is 0 Å². The van der Waals surface area contributed by atoms with Crippen LogP contribution < -0.4 is 5.32 Å². The van der Waals surface area contributed by atoms with Gasteiger partial charge in [-0.1, -0.05) is 12.1 Å². The molecule has 5 N–H and O–H groups in total. The van der Waals surface area contributed by atoms with Crippen molar-refractivity contribution in [1.29, 1.82) is 0 Å². The smallest absolute Gasteiger partial charge is 0.354 e. The maximum Gasteiger partial charge on any atom is 0.354 e. The lowest BCUT2D eigenvalue weighted by Gasteiger charge is -2.34. The number of carboxylic acids is 4. The van der Waals surface area contributed by atoms with Gasteiger partial charge in [0.1, 0.15) is 34.2 Å². The van der Waals surface area contributed by atoms with Gasteiger partial charge in [0, 0.05) is 0 Å². The number of carboxylic acid groups (broad SMARTS) is 4. The predicted octanol–water partition coefficient (Wildman–Crippen LogP) is 1.72. The molecule has 5 heterocycles. The first kappa shape index (κ1) is 27.2. The average Bonchev–Trinajstić information content (AvgIpc) is 3.00. The molecule has 0 fully saturated rings. The number of dihydropyridines is 1. The summed E-state index contributed by atoms with van der Waals surface area (Å²) in [5.41, 5.74) is -2.69. The third-order valence-electron chi connectivity index (χ3n) is 6.14. The number of aliphatic carboxylic acids is 2. The second-order valence-corrected chi connectivity index (χ2v) is 8.68. The number of carbonyl (C=O) groups is 4. The van der Waals surface area contributed by atoms with Gasteiger partial charge in [0.15, 0.2) is 0 Å². The maximum atomic E-state index is 12.7. The fraction of sp³-hybridized carbons (Fsp3) is 0.0370. The first-order chi connectivity index (χ1) is 20.1. The third-order valence-corrected chi connectivity index (χ3v) is 6.14. The van der Waals surface area contributed by atoms with Gasteiger partial charge in [-0.25, -0.2) is 29.1 Å². The highest BCUT2D eigenvalue weighted by atomic mass is 16.4. The van der Waals surface area contributed by atoms with Crippen LogP contribution in [-0.4, -0.2) is 74.7 Å². The molecule has 0 amide bonds. The highest BCUT2D eigenvalue weighted by molar-refractivity contribution is 6.02. The van der Waals surface area contributed by atoms with Crippen LogP contribution >= 0.6 is 0 Å². The first-order valence-corrected chi connectivity index (χ1v) is 11.9. The van der Waals surface area contributed by atoms with Crippen LogP contribution in [0.25, 0.3) is 28.5 Å². The summed E-state index contributed by atoms with van der Waals surface area (Å²) < 4.78 is 0. The predicted molar refractivity (Wildman–Crippen MR) is 141 cm³/mol. The molecule has 0 aromatic carbocycles. The van der Waals surface area contributed by atoms with E-state index in [1.54, 1.807) is 6.07 Å². The van der Waals surface area contributed by atoms with E-state index in [9.17, 15) is 39.6 Å². The monoisotopic (exact) mass is 567 g/mol. The molecule has 1 atom stereocenters. The van der Waals surface area contributed by atoms with Gasteiger partial charge >= 0.3 is 23.9 Å².